The minimum absolute atomic E-state index is 0.00442. The summed E-state index contributed by atoms with van der Waals surface area (Å²) in [5.41, 5.74) is 0.514. The first-order chi connectivity index (χ1) is 12.2. The van der Waals surface area contributed by atoms with Gasteiger partial charge in [0.1, 0.15) is 5.54 Å². The molecule has 0 aliphatic carbocycles. The zero-order chi connectivity index (χ0) is 17.3. The van der Waals surface area contributed by atoms with Crippen LogP contribution in [0.25, 0.3) is 0 Å². The maximum absolute atomic E-state index is 13.3. The van der Waals surface area contributed by atoms with Gasteiger partial charge in [-0.3, -0.25) is 9.48 Å². The maximum atomic E-state index is 13.3. The molecule has 132 valence electrons. The number of piperidine rings is 1. The van der Waals surface area contributed by atoms with Crippen LogP contribution in [-0.4, -0.2) is 34.5 Å². The van der Waals surface area contributed by atoms with Crippen LogP contribution in [0.5, 0.6) is 0 Å². The van der Waals surface area contributed by atoms with Gasteiger partial charge < -0.3 is 10.6 Å². The van der Waals surface area contributed by atoms with Gasteiger partial charge in [-0.1, -0.05) is 11.6 Å². The van der Waals surface area contributed by atoms with E-state index in [2.05, 4.69) is 21.8 Å². The minimum Gasteiger partial charge on any atom is -0.347 e. The summed E-state index contributed by atoms with van der Waals surface area (Å²) in [5, 5.41) is 11.7. The van der Waals surface area contributed by atoms with Gasteiger partial charge in [-0.25, -0.2) is 0 Å². The number of hydrogen-bond acceptors (Lipinski definition) is 4. The third-order valence-electron chi connectivity index (χ3n) is 5.11. The fourth-order valence-corrected chi connectivity index (χ4v) is 5.02. The van der Waals surface area contributed by atoms with Gasteiger partial charge in [0.25, 0.3) is 0 Å². The molecule has 3 heterocycles. The molecule has 4 rings (SSSR count). The highest BCUT2D eigenvalue weighted by molar-refractivity contribution is 7.99. The van der Waals surface area contributed by atoms with Crippen molar-refractivity contribution >= 4 is 29.3 Å². The van der Waals surface area contributed by atoms with Crippen molar-refractivity contribution in [2.45, 2.75) is 35.7 Å². The summed E-state index contributed by atoms with van der Waals surface area (Å²) in [6, 6.07) is 7.83. The van der Waals surface area contributed by atoms with E-state index in [-0.39, 0.29) is 11.9 Å². The molecule has 1 aromatic heterocycles. The molecular formula is C18H21ClN4OS. The fraction of sp³-hybridized carbons (Fsp3) is 0.444. The molecule has 1 saturated heterocycles. The first-order valence-electron chi connectivity index (χ1n) is 8.63. The van der Waals surface area contributed by atoms with Crippen molar-refractivity contribution in [1.29, 1.82) is 0 Å². The monoisotopic (exact) mass is 376 g/mol. The molecule has 0 radical (unpaired) electrons. The lowest BCUT2D eigenvalue weighted by atomic mass is 9.86. The Morgan fingerprint density at radius 2 is 2.24 bits per heavy atom. The van der Waals surface area contributed by atoms with Crippen molar-refractivity contribution in [3.05, 3.63) is 47.2 Å². The maximum Gasteiger partial charge on any atom is 0.248 e. The van der Waals surface area contributed by atoms with Crippen LogP contribution in [-0.2, 0) is 10.3 Å². The lowest BCUT2D eigenvalue weighted by molar-refractivity contribution is -0.132. The van der Waals surface area contributed by atoms with Crippen LogP contribution in [0.1, 0.15) is 30.9 Å². The number of nitrogens with zero attached hydrogens (tertiary/aromatic N) is 2. The molecule has 1 atom stereocenters. The number of aromatic nitrogens is 2. The molecule has 2 N–H and O–H groups in total. The smallest absolute Gasteiger partial charge is 0.248 e. The first kappa shape index (κ1) is 16.9. The van der Waals surface area contributed by atoms with E-state index >= 15 is 0 Å². The molecule has 7 heteroatoms. The molecule has 2 aliphatic rings. The highest BCUT2D eigenvalue weighted by Crippen LogP contribution is 2.38. The number of hydrogen-bond donors (Lipinski definition) is 2. The van der Waals surface area contributed by atoms with Gasteiger partial charge in [0.2, 0.25) is 5.91 Å². The Hall–Kier alpha value is -1.50. The molecule has 0 saturated carbocycles. The van der Waals surface area contributed by atoms with Crippen molar-refractivity contribution in [2.24, 2.45) is 0 Å². The molecule has 0 bridgehead atoms. The van der Waals surface area contributed by atoms with Gasteiger partial charge in [-0.15, -0.1) is 11.8 Å². The normalized spacial score (nSPS) is 22.2. The zero-order valence-electron chi connectivity index (χ0n) is 13.9. The summed E-state index contributed by atoms with van der Waals surface area (Å²) in [7, 11) is 0. The Morgan fingerprint density at radius 3 is 3.00 bits per heavy atom. The molecule has 2 aliphatic heterocycles. The van der Waals surface area contributed by atoms with Crippen molar-refractivity contribution in [2.75, 3.05) is 18.8 Å². The Morgan fingerprint density at radius 1 is 1.40 bits per heavy atom. The van der Waals surface area contributed by atoms with Gasteiger partial charge in [-0.2, -0.15) is 5.10 Å². The van der Waals surface area contributed by atoms with E-state index in [4.69, 9.17) is 11.6 Å². The number of thioether (sulfide) groups is 1. The van der Waals surface area contributed by atoms with E-state index in [0.29, 0.717) is 5.02 Å². The van der Waals surface area contributed by atoms with Crippen LogP contribution in [0.4, 0.5) is 0 Å². The van der Waals surface area contributed by atoms with Crippen LogP contribution < -0.4 is 10.6 Å². The summed E-state index contributed by atoms with van der Waals surface area (Å²) in [6.45, 7) is 1.63. The molecule has 1 amide bonds. The van der Waals surface area contributed by atoms with Crippen LogP contribution in [0.3, 0.4) is 0 Å². The standard InChI is InChI=1S/C18H21ClN4OS/c19-13-2-3-16-14(12-13)15(4-11-25-16)22-17(24)18(5-8-20-9-6-18)23-10-1-7-21-23/h1-3,7,10,12,15,20H,4-6,8-9,11H2,(H,22,24). The molecule has 1 fully saturated rings. The van der Waals surface area contributed by atoms with Crippen LogP contribution in [0.15, 0.2) is 41.6 Å². The number of nitrogens with one attached hydrogen (secondary N) is 2. The number of fused-ring (bicyclic) bond motifs is 1. The molecule has 1 unspecified atom stereocenters. The molecule has 2 aromatic rings. The van der Waals surface area contributed by atoms with Crippen molar-refractivity contribution in [3.8, 4) is 0 Å². The highest BCUT2D eigenvalue weighted by Gasteiger charge is 2.43. The molecule has 1 aromatic carbocycles. The number of halogens is 1. The van der Waals surface area contributed by atoms with Crippen LogP contribution in [0, 0.1) is 0 Å². The minimum atomic E-state index is -0.613. The lowest BCUT2D eigenvalue weighted by Crippen LogP contribution is -2.55. The average molecular weight is 377 g/mol. The zero-order valence-corrected chi connectivity index (χ0v) is 15.4. The van der Waals surface area contributed by atoms with E-state index in [1.807, 2.05) is 40.8 Å². The molecule has 0 spiro atoms. The van der Waals surface area contributed by atoms with Crippen LogP contribution in [0.2, 0.25) is 5.02 Å². The van der Waals surface area contributed by atoms with Gasteiger partial charge in [0.05, 0.1) is 6.04 Å². The van der Waals surface area contributed by atoms with Crippen LogP contribution >= 0.6 is 23.4 Å². The summed E-state index contributed by atoms with van der Waals surface area (Å²) in [5.74, 6) is 1.05. The topological polar surface area (TPSA) is 59.0 Å². The second-order valence-corrected chi connectivity index (χ2v) is 8.15. The predicted molar refractivity (Wildman–Crippen MR) is 100.0 cm³/mol. The van der Waals surface area contributed by atoms with Crippen molar-refractivity contribution in [1.82, 2.24) is 20.4 Å². The summed E-state index contributed by atoms with van der Waals surface area (Å²) < 4.78 is 1.83. The Kier molecular flexibility index (Phi) is 4.75. The lowest BCUT2D eigenvalue weighted by Gasteiger charge is -2.38. The molecular weight excluding hydrogens is 356 g/mol. The number of benzene rings is 1. The second-order valence-electron chi connectivity index (χ2n) is 6.58. The first-order valence-corrected chi connectivity index (χ1v) is 9.99. The Bertz CT molecular complexity index is 758. The summed E-state index contributed by atoms with van der Waals surface area (Å²) >= 11 is 8.01. The number of carbonyl (C=O) groups excluding carboxylic acids is 1. The number of carbonyl (C=O) groups is 1. The van der Waals surface area contributed by atoms with E-state index in [9.17, 15) is 4.79 Å². The predicted octanol–water partition coefficient (Wildman–Crippen LogP) is 2.97. The second kappa shape index (κ2) is 7.02. The SMILES string of the molecule is O=C(NC1CCSc2ccc(Cl)cc21)C1(n2cccn2)CCNCC1. The third kappa shape index (κ3) is 3.18. The fourth-order valence-electron chi connectivity index (χ4n) is 3.73. The Balaban J connectivity index is 1.62. The highest BCUT2D eigenvalue weighted by atomic mass is 35.5. The van der Waals surface area contributed by atoms with E-state index in [1.165, 1.54) is 4.90 Å². The van der Waals surface area contributed by atoms with E-state index in [0.717, 1.165) is 43.7 Å². The van der Waals surface area contributed by atoms with Gasteiger partial charge in [0, 0.05) is 28.1 Å². The average Bonchev–Trinajstić information content (AvgIpc) is 3.18. The third-order valence-corrected chi connectivity index (χ3v) is 6.47. The van der Waals surface area contributed by atoms with Gasteiger partial charge in [0.15, 0.2) is 0 Å². The van der Waals surface area contributed by atoms with Crippen molar-refractivity contribution in [3.63, 3.8) is 0 Å². The molecule has 5 nitrogen and oxygen atoms in total. The molecule has 25 heavy (non-hydrogen) atoms. The summed E-state index contributed by atoms with van der Waals surface area (Å²) in [4.78, 5) is 14.5. The summed E-state index contributed by atoms with van der Waals surface area (Å²) in [6.07, 6.45) is 6.03. The van der Waals surface area contributed by atoms with E-state index in [1.54, 1.807) is 6.20 Å². The van der Waals surface area contributed by atoms with Gasteiger partial charge >= 0.3 is 0 Å². The van der Waals surface area contributed by atoms with Gasteiger partial charge in [-0.05, 0) is 62.2 Å². The van der Waals surface area contributed by atoms with Crippen molar-refractivity contribution < 1.29 is 4.79 Å². The number of rotatable bonds is 3. The van der Waals surface area contributed by atoms with E-state index < -0.39 is 5.54 Å². The number of amides is 1. The largest absolute Gasteiger partial charge is 0.347 e. The Labute approximate surface area is 156 Å². The quantitative estimate of drug-likeness (QED) is 0.864.